The molecule has 0 spiro atoms. The maximum atomic E-state index is 11.8. The van der Waals surface area contributed by atoms with Crippen LogP contribution in [0.4, 0.5) is 0 Å². The van der Waals surface area contributed by atoms with E-state index in [1.165, 1.54) is 37.8 Å². The molecule has 3 nitrogen and oxygen atoms in total. The van der Waals surface area contributed by atoms with Gasteiger partial charge in [-0.05, 0) is 92.3 Å². The van der Waals surface area contributed by atoms with Crippen LogP contribution in [0.1, 0.15) is 79.1 Å². The van der Waals surface area contributed by atoms with E-state index in [0.717, 1.165) is 49.5 Å². The van der Waals surface area contributed by atoms with E-state index in [0.29, 0.717) is 23.8 Å². The van der Waals surface area contributed by atoms with Crippen LogP contribution in [-0.4, -0.2) is 45.9 Å². The summed E-state index contributed by atoms with van der Waals surface area (Å²) in [6.07, 6.45) is 11.4. The number of hydrogen-bond donors (Lipinski definition) is 2. The highest BCUT2D eigenvalue weighted by molar-refractivity contribution is 5.27. The van der Waals surface area contributed by atoms with Crippen molar-refractivity contribution < 1.29 is 10.2 Å². The molecule has 6 aliphatic rings. The van der Waals surface area contributed by atoms with Gasteiger partial charge in [0.15, 0.2) is 0 Å². The Morgan fingerprint density at radius 2 is 1.80 bits per heavy atom. The minimum Gasteiger partial charge on any atom is -0.393 e. The van der Waals surface area contributed by atoms with Gasteiger partial charge in [0, 0.05) is 24.0 Å². The Bertz CT molecular complexity index is 749. The number of allylic oxidation sites excluding steroid dienone is 1. The van der Waals surface area contributed by atoms with Crippen LogP contribution in [0.2, 0.25) is 0 Å². The second-order valence-corrected chi connectivity index (χ2v) is 12.9. The third-order valence-electron chi connectivity index (χ3n) is 11.8. The Morgan fingerprint density at radius 3 is 2.60 bits per heavy atom. The lowest BCUT2D eigenvalue weighted by Crippen LogP contribution is -2.57. The zero-order valence-electron chi connectivity index (χ0n) is 19.6. The van der Waals surface area contributed by atoms with Gasteiger partial charge in [-0.1, -0.05) is 39.3 Å². The molecular formula is C27H43NO2. The topological polar surface area (TPSA) is 43.7 Å². The molecule has 0 radical (unpaired) electrons. The van der Waals surface area contributed by atoms with Gasteiger partial charge >= 0.3 is 0 Å². The van der Waals surface area contributed by atoms with Crippen LogP contribution in [-0.2, 0) is 0 Å². The third kappa shape index (κ3) is 2.44. The molecule has 5 fully saturated rings. The largest absolute Gasteiger partial charge is 0.393 e. The number of hydrogen-bond acceptors (Lipinski definition) is 3. The number of piperidine rings is 1. The lowest BCUT2D eigenvalue weighted by Gasteiger charge is -2.60. The van der Waals surface area contributed by atoms with Crippen molar-refractivity contribution in [1.82, 2.24) is 4.90 Å². The summed E-state index contributed by atoms with van der Waals surface area (Å²) in [6.45, 7) is 11.2. The van der Waals surface area contributed by atoms with Gasteiger partial charge in [0.05, 0.1) is 12.2 Å². The van der Waals surface area contributed by atoms with Crippen molar-refractivity contribution in [2.45, 2.75) is 103 Å². The normalized spacial score (nSPS) is 60.1. The summed E-state index contributed by atoms with van der Waals surface area (Å²) >= 11 is 0. The van der Waals surface area contributed by atoms with Crippen LogP contribution in [0.3, 0.4) is 0 Å². The van der Waals surface area contributed by atoms with Crippen LogP contribution in [0.5, 0.6) is 0 Å². The lowest BCUT2D eigenvalue weighted by atomic mass is 9.46. The summed E-state index contributed by atoms with van der Waals surface area (Å²) in [6, 6.07) is 1.46. The fraction of sp³-hybridized carbons (Fsp3) is 0.926. The van der Waals surface area contributed by atoms with Gasteiger partial charge in [-0.25, -0.2) is 0 Å². The van der Waals surface area contributed by atoms with Crippen molar-refractivity contribution in [1.29, 1.82) is 0 Å². The highest BCUT2D eigenvalue weighted by Crippen LogP contribution is 2.69. The Labute approximate surface area is 183 Å². The molecule has 0 bridgehead atoms. The molecule has 0 aromatic rings. The molecule has 2 saturated heterocycles. The van der Waals surface area contributed by atoms with E-state index < -0.39 is 0 Å². The molecule has 4 aliphatic carbocycles. The van der Waals surface area contributed by atoms with E-state index in [1.807, 2.05) is 0 Å². The van der Waals surface area contributed by atoms with E-state index >= 15 is 0 Å². The van der Waals surface area contributed by atoms with Crippen molar-refractivity contribution in [3.05, 3.63) is 11.6 Å². The third-order valence-corrected chi connectivity index (χ3v) is 11.8. The van der Waals surface area contributed by atoms with E-state index in [4.69, 9.17) is 0 Å². The average molecular weight is 414 g/mol. The Hall–Kier alpha value is -0.380. The van der Waals surface area contributed by atoms with Gasteiger partial charge in [-0.15, -0.1) is 0 Å². The van der Waals surface area contributed by atoms with Crippen molar-refractivity contribution in [3.8, 4) is 0 Å². The molecular weight excluding hydrogens is 370 g/mol. The summed E-state index contributed by atoms with van der Waals surface area (Å²) in [5, 5.41) is 22.1. The minimum absolute atomic E-state index is 0.0850. The average Bonchev–Trinajstić information content (AvgIpc) is 3.17. The standard InChI is InChI=1S/C27H43NO2/c1-15-5-8-22-16(2)25-23(28(22)14-15)12-21-19-7-6-17-11-18(29)9-10-26(17,3)20(19)13-24(30)27(21,25)4/h6,15-16,18-25,29-30H,5,7-14H2,1-4H3/t15-,16+,18-,19+,20-,21+,22+,23-,24+,25-,26+,27-/m1/s1. The zero-order chi connectivity index (χ0) is 21.0. The van der Waals surface area contributed by atoms with Crippen molar-refractivity contribution >= 4 is 0 Å². The Morgan fingerprint density at radius 1 is 1.00 bits per heavy atom. The number of rotatable bonds is 0. The molecule has 0 amide bonds. The molecule has 2 aliphatic heterocycles. The second-order valence-electron chi connectivity index (χ2n) is 12.9. The van der Waals surface area contributed by atoms with Crippen molar-refractivity contribution in [2.75, 3.05) is 6.54 Å². The number of aliphatic hydroxyl groups is 2. The van der Waals surface area contributed by atoms with E-state index in [-0.39, 0.29) is 23.0 Å². The van der Waals surface area contributed by atoms with Crippen LogP contribution in [0.15, 0.2) is 11.6 Å². The maximum Gasteiger partial charge on any atom is 0.0603 e. The summed E-state index contributed by atoms with van der Waals surface area (Å²) in [7, 11) is 0. The van der Waals surface area contributed by atoms with E-state index in [2.05, 4.69) is 38.7 Å². The molecule has 3 saturated carbocycles. The second kappa shape index (κ2) is 6.58. The number of fused-ring (bicyclic) bond motifs is 9. The van der Waals surface area contributed by atoms with Crippen LogP contribution in [0.25, 0.3) is 0 Å². The molecule has 0 aromatic carbocycles. The first-order chi connectivity index (χ1) is 14.2. The van der Waals surface area contributed by atoms with Crippen LogP contribution in [0, 0.1) is 46.3 Å². The molecule has 2 heterocycles. The zero-order valence-corrected chi connectivity index (χ0v) is 19.6. The van der Waals surface area contributed by atoms with Crippen LogP contribution >= 0.6 is 0 Å². The predicted octanol–water partition coefficient (Wildman–Crippen LogP) is 4.63. The molecule has 0 aromatic heterocycles. The number of nitrogens with zero attached hydrogens (tertiary/aromatic N) is 1. The highest BCUT2D eigenvalue weighted by atomic mass is 16.3. The maximum absolute atomic E-state index is 11.8. The molecule has 2 N–H and O–H groups in total. The van der Waals surface area contributed by atoms with Gasteiger partial charge in [0.2, 0.25) is 0 Å². The predicted molar refractivity (Wildman–Crippen MR) is 120 cm³/mol. The summed E-state index contributed by atoms with van der Waals surface area (Å²) in [5.74, 6) is 4.19. The lowest BCUT2D eigenvalue weighted by molar-refractivity contribution is -0.135. The van der Waals surface area contributed by atoms with Gasteiger partial charge < -0.3 is 10.2 Å². The smallest absolute Gasteiger partial charge is 0.0603 e. The minimum atomic E-state index is -0.164. The SMILES string of the molecule is C[C@@H]1CC[C@H]2[C@H](C)[C@@H]3[C@@H](C[C@H]4[C@H]5CC=C6C[C@H](O)CC[C@]6(C)[C@@H]5C[C@H](O)[C@]34C)N2C1. The fourth-order valence-electron chi connectivity index (χ4n) is 10.3. The summed E-state index contributed by atoms with van der Waals surface area (Å²) in [5.41, 5.74) is 1.80. The summed E-state index contributed by atoms with van der Waals surface area (Å²) in [4.78, 5) is 2.91. The first kappa shape index (κ1) is 20.2. The van der Waals surface area contributed by atoms with Crippen LogP contribution < -0.4 is 0 Å². The first-order valence-corrected chi connectivity index (χ1v) is 13.1. The van der Waals surface area contributed by atoms with E-state index in [9.17, 15) is 10.2 Å². The van der Waals surface area contributed by atoms with Crippen molar-refractivity contribution in [2.24, 2.45) is 46.3 Å². The Kier molecular flexibility index (Phi) is 4.44. The molecule has 12 atom stereocenters. The molecule has 168 valence electrons. The van der Waals surface area contributed by atoms with Gasteiger partial charge in [-0.2, -0.15) is 0 Å². The molecule has 30 heavy (non-hydrogen) atoms. The Balaban J connectivity index is 1.36. The molecule has 3 heteroatoms. The summed E-state index contributed by atoms with van der Waals surface area (Å²) < 4.78 is 0. The van der Waals surface area contributed by atoms with E-state index in [1.54, 1.807) is 0 Å². The first-order valence-electron chi connectivity index (χ1n) is 13.1. The number of aliphatic hydroxyl groups excluding tert-OH is 2. The fourth-order valence-corrected chi connectivity index (χ4v) is 10.3. The van der Waals surface area contributed by atoms with Gasteiger partial charge in [0.25, 0.3) is 0 Å². The van der Waals surface area contributed by atoms with Crippen molar-refractivity contribution in [3.63, 3.8) is 0 Å². The highest BCUT2D eigenvalue weighted by Gasteiger charge is 2.69. The van der Waals surface area contributed by atoms with Gasteiger partial charge in [-0.3, -0.25) is 4.90 Å². The monoisotopic (exact) mass is 413 g/mol. The quantitative estimate of drug-likeness (QED) is 0.569. The van der Waals surface area contributed by atoms with Gasteiger partial charge in [0.1, 0.15) is 0 Å². The molecule has 6 rings (SSSR count). The molecule has 0 unspecified atom stereocenters.